The minimum atomic E-state index is 0.768. The molecule has 1 atom stereocenters. The summed E-state index contributed by atoms with van der Waals surface area (Å²) in [5.74, 6) is 2.03. The van der Waals surface area contributed by atoms with Crippen LogP contribution in [-0.4, -0.2) is 25.1 Å². The van der Waals surface area contributed by atoms with E-state index in [1.54, 1.807) is 0 Å². The maximum Gasteiger partial charge on any atom is -0.00172 e. The second kappa shape index (κ2) is 8.60. The first kappa shape index (κ1) is 14.6. The van der Waals surface area contributed by atoms with Gasteiger partial charge in [0.25, 0.3) is 0 Å². The fourth-order valence-electron chi connectivity index (χ4n) is 2.08. The van der Waals surface area contributed by atoms with Crippen molar-refractivity contribution in [2.45, 2.75) is 26.7 Å². The van der Waals surface area contributed by atoms with Crippen LogP contribution in [0.2, 0.25) is 0 Å². The van der Waals surface area contributed by atoms with Crippen molar-refractivity contribution >= 4 is 11.8 Å². The minimum absolute atomic E-state index is 0.768. The molecular formula is C15H25NS. The average Bonchev–Trinajstić information content (AvgIpc) is 2.32. The Morgan fingerprint density at radius 1 is 1.35 bits per heavy atom. The molecule has 0 aliphatic rings. The van der Waals surface area contributed by atoms with Crippen molar-refractivity contribution in [3.05, 3.63) is 35.4 Å². The number of benzene rings is 1. The maximum absolute atomic E-state index is 3.48. The topological polar surface area (TPSA) is 12.0 Å². The van der Waals surface area contributed by atoms with Gasteiger partial charge < -0.3 is 5.32 Å². The van der Waals surface area contributed by atoms with Gasteiger partial charge in [-0.2, -0.15) is 11.8 Å². The normalized spacial score (nSPS) is 12.6. The highest BCUT2D eigenvalue weighted by Crippen LogP contribution is 2.15. The lowest BCUT2D eigenvalue weighted by atomic mass is 9.96. The molecule has 1 nitrogen and oxygen atoms in total. The lowest BCUT2D eigenvalue weighted by molar-refractivity contribution is 0.470. The largest absolute Gasteiger partial charge is 0.317 e. The number of hydrogen-bond acceptors (Lipinski definition) is 2. The molecule has 1 aromatic rings. The van der Waals surface area contributed by atoms with Gasteiger partial charge in [0.2, 0.25) is 0 Å². The maximum atomic E-state index is 3.48. The predicted molar refractivity (Wildman–Crippen MR) is 79.9 cm³/mol. The fourth-order valence-corrected chi connectivity index (χ4v) is 2.65. The smallest absolute Gasteiger partial charge is 0.00172 e. The van der Waals surface area contributed by atoms with Crippen LogP contribution in [-0.2, 0) is 6.42 Å². The van der Waals surface area contributed by atoms with Crippen molar-refractivity contribution in [1.82, 2.24) is 5.32 Å². The molecule has 0 heterocycles. The van der Waals surface area contributed by atoms with Gasteiger partial charge in [-0.1, -0.05) is 36.8 Å². The van der Waals surface area contributed by atoms with Crippen LogP contribution in [0.5, 0.6) is 0 Å². The Kier molecular flexibility index (Phi) is 7.38. The molecule has 0 saturated carbocycles. The summed E-state index contributed by atoms with van der Waals surface area (Å²) in [6, 6.07) is 8.91. The van der Waals surface area contributed by atoms with E-state index in [4.69, 9.17) is 0 Å². The molecule has 0 fully saturated rings. The standard InChI is InChI=1S/C15H25NS/c1-4-16-12-15(8-9-17-3)11-14-7-5-6-13(2)10-14/h5-7,10,15-16H,4,8-9,11-12H2,1-3H3. The third-order valence-corrected chi connectivity index (χ3v) is 3.66. The van der Waals surface area contributed by atoms with Crippen LogP contribution >= 0.6 is 11.8 Å². The van der Waals surface area contributed by atoms with Crippen LogP contribution in [0.4, 0.5) is 0 Å². The van der Waals surface area contributed by atoms with E-state index in [0.29, 0.717) is 0 Å². The molecule has 0 aliphatic heterocycles. The van der Waals surface area contributed by atoms with E-state index in [2.05, 4.69) is 49.7 Å². The zero-order chi connectivity index (χ0) is 12.5. The SMILES string of the molecule is CCNCC(CCSC)Cc1cccc(C)c1. The molecule has 96 valence electrons. The first-order valence-electron chi connectivity index (χ1n) is 6.51. The van der Waals surface area contributed by atoms with Gasteiger partial charge in [-0.05, 0) is 56.3 Å². The zero-order valence-corrected chi connectivity index (χ0v) is 12.1. The Labute approximate surface area is 110 Å². The highest BCUT2D eigenvalue weighted by atomic mass is 32.2. The summed E-state index contributed by atoms with van der Waals surface area (Å²) < 4.78 is 0. The Morgan fingerprint density at radius 3 is 2.82 bits per heavy atom. The van der Waals surface area contributed by atoms with Crippen molar-refractivity contribution in [1.29, 1.82) is 0 Å². The number of thioether (sulfide) groups is 1. The third kappa shape index (κ3) is 6.13. The molecule has 1 rings (SSSR count). The van der Waals surface area contributed by atoms with E-state index in [1.165, 1.54) is 29.7 Å². The molecule has 0 amide bonds. The van der Waals surface area contributed by atoms with Gasteiger partial charge in [-0.3, -0.25) is 0 Å². The van der Waals surface area contributed by atoms with E-state index in [0.717, 1.165) is 19.0 Å². The Hall–Kier alpha value is -0.470. The summed E-state index contributed by atoms with van der Waals surface area (Å²) in [7, 11) is 0. The van der Waals surface area contributed by atoms with E-state index >= 15 is 0 Å². The molecule has 2 heteroatoms. The van der Waals surface area contributed by atoms with Gasteiger partial charge in [0.1, 0.15) is 0 Å². The van der Waals surface area contributed by atoms with Crippen LogP contribution in [0.3, 0.4) is 0 Å². The molecular weight excluding hydrogens is 226 g/mol. The molecule has 1 aromatic carbocycles. The quantitative estimate of drug-likeness (QED) is 0.759. The summed E-state index contributed by atoms with van der Waals surface area (Å²) in [4.78, 5) is 0. The average molecular weight is 251 g/mol. The lowest BCUT2D eigenvalue weighted by Gasteiger charge is -2.17. The minimum Gasteiger partial charge on any atom is -0.317 e. The predicted octanol–water partition coefficient (Wildman–Crippen LogP) is 3.52. The summed E-state index contributed by atoms with van der Waals surface area (Å²) in [6.45, 7) is 6.57. The number of aryl methyl sites for hydroxylation is 1. The lowest BCUT2D eigenvalue weighted by Crippen LogP contribution is -2.24. The fraction of sp³-hybridized carbons (Fsp3) is 0.600. The second-order valence-corrected chi connectivity index (χ2v) is 5.63. The van der Waals surface area contributed by atoms with Crippen LogP contribution in [0.1, 0.15) is 24.5 Å². The second-order valence-electron chi connectivity index (χ2n) is 4.65. The van der Waals surface area contributed by atoms with Crippen molar-refractivity contribution in [2.24, 2.45) is 5.92 Å². The molecule has 1 N–H and O–H groups in total. The monoisotopic (exact) mass is 251 g/mol. The van der Waals surface area contributed by atoms with Gasteiger partial charge in [0, 0.05) is 0 Å². The molecule has 0 aromatic heterocycles. The molecule has 17 heavy (non-hydrogen) atoms. The van der Waals surface area contributed by atoms with Gasteiger partial charge in [-0.15, -0.1) is 0 Å². The Morgan fingerprint density at radius 2 is 2.18 bits per heavy atom. The summed E-state index contributed by atoms with van der Waals surface area (Å²) in [5, 5.41) is 3.48. The summed E-state index contributed by atoms with van der Waals surface area (Å²) in [6.07, 6.45) is 4.70. The third-order valence-electron chi connectivity index (χ3n) is 3.02. The van der Waals surface area contributed by atoms with Crippen LogP contribution in [0.15, 0.2) is 24.3 Å². The molecule has 1 unspecified atom stereocenters. The van der Waals surface area contributed by atoms with E-state index < -0.39 is 0 Å². The van der Waals surface area contributed by atoms with Crippen molar-refractivity contribution in [2.75, 3.05) is 25.1 Å². The van der Waals surface area contributed by atoms with Crippen LogP contribution in [0, 0.1) is 12.8 Å². The molecule has 0 spiro atoms. The highest BCUT2D eigenvalue weighted by Gasteiger charge is 2.09. The van der Waals surface area contributed by atoms with Gasteiger partial charge in [0.05, 0.1) is 0 Å². The van der Waals surface area contributed by atoms with E-state index in [1.807, 2.05) is 11.8 Å². The summed E-state index contributed by atoms with van der Waals surface area (Å²) >= 11 is 1.95. The van der Waals surface area contributed by atoms with E-state index in [-0.39, 0.29) is 0 Å². The highest BCUT2D eigenvalue weighted by molar-refractivity contribution is 7.98. The summed E-state index contributed by atoms with van der Waals surface area (Å²) in [5.41, 5.74) is 2.85. The van der Waals surface area contributed by atoms with Gasteiger partial charge in [-0.25, -0.2) is 0 Å². The van der Waals surface area contributed by atoms with Crippen LogP contribution < -0.4 is 5.32 Å². The Bertz CT molecular complexity index is 304. The number of hydrogen-bond donors (Lipinski definition) is 1. The zero-order valence-electron chi connectivity index (χ0n) is 11.3. The molecule has 0 radical (unpaired) electrons. The van der Waals surface area contributed by atoms with Gasteiger partial charge in [0.15, 0.2) is 0 Å². The van der Waals surface area contributed by atoms with Gasteiger partial charge >= 0.3 is 0 Å². The van der Waals surface area contributed by atoms with Crippen molar-refractivity contribution in [3.63, 3.8) is 0 Å². The van der Waals surface area contributed by atoms with Crippen LogP contribution in [0.25, 0.3) is 0 Å². The molecule has 0 aliphatic carbocycles. The molecule has 0 bridgehead atoms. The first-order valence-corrected chi connectivity index (χ1v) is 7.90. The number of nitrogens with one attached hydrogen (secondary N) is 1. The van der Waals surface area contributed by atoms with E-state index in [9.17, 15) is 0 Å². The molecule has 0 saturated heterocycles. The van der Waals surface area contributed by atoms with Crippen molar-refractivity contribution in [3.8, 4) is 0 Å². The first-order chi connectivity index (χ1) is 8.26. The Balaban J connectivity index is 2.51. The van der Waals surface area contributed by atoms with Crippen molar-refractivity contribution < 1.29 is 0 Å². The number of rotatable bonds is 8.